The normalized spacial score (nSPS) is 32.2. The minimum atomic E-state index is 0.217. The Morgan fingerprint density at radius 3 is 2.58 bits per heavy atom. The lowest BCUT2D eigenvalue weighted by molar-refractivity contribution is -0.0274. The highest BCUT2D eigenvalue weighted by Gasteiger charge is 2.45. The summed E-state index contributed by atoms with van der Waals surface area (Å²) in [7, 11) is 1.85. The first-order valence-electron chi connectivity index (χ1n) is 8.11. The molecule has 0 spiro atoms. The van der Waals surface area contributed by atoms with Crippen molar-refractivity contribution in [2.75, 3.05) is 20.2 Å². The van der Waals surface area contributed by atoms with Crippen molar-refractivity contribution in [3.05, 3.63) is 0 Å². The smallest absolute Gasteiger partial charge is 0.0589 e. The molecule has 2 fully saturated rings. The van der Waals surface area contributed by atoms with Gasteiger partial charge in [0.25, 0.3) is 0 Å². The highest BCUT2D eigenvalue weighted by molar-refractivity contribution is 5.02. The Morgan fingerprint density at radius 1 is 1.32 bits per heavy atom. The van der Waals surface area contributed by atoms with Crippen molar-refractivity contribution in [1.29, 1.82) is 0 Å². The molecule has 0 radical (unpaired) electrons. The number of hydrogen-bond donors (Lipinski definition) is 1. The number of ether oxygens (including phenoxy) is 1. The first-order valence-corrected chi connectivity index (χ1v) is 8.11. The molecule has 0 aromatic heterocycles. The van der Waals surface area contributed by atoms with Crippen LogP contribution in [0.2, 0.25) is 0 Å². The van der Waals surface area contributed by atoms with Crippen LogP contribution in [0, 0.1) is 5.92 Å². The number of nitrogens with zero attached hydrogens (tertiary/aromatic N) is 1. The van der Waals surface area contributed by atoms with Gasteiger partial charge < -0.3 is 10.5 Å². The van der Waals surface area contributed by atoms with Crippen LogP contribution in [-0.4, -0.2) is 42.8 Å². The predicted molar refractivity (Wildman–Crippen MR) is 80.2 cm³/mol. The van der Waals surface area contributed by atoms with Gasteiger partial charge in [-0.1, -0.05) is 13.8 Å². The van der Waals surface area contributed by atoms with E-state index in [2.05, 4.69) is 18.7 Å². The summed E-state index contributed by atoms with van der Waals surface area (Å²) in [6, 6.07) is 0.804. The molecule has 2 saturated carbocycles. The number of rotatable bonds is 7. The zero-order valence-corrected chi connectivity index (χ0v) is 13.0. The van der Waals surface area contributed by atoms with Crippen molar-refractivity contribution < 1.29 is 4.74 Å². The Morgan fingerprint density at radius 2 is 2.05 bits per heavy atom. The lowest BCUT2D eigenvalue weighted by Gasteiger charge is -2.48. The lowest BCUT2D eigenvalue weighted by atomic mass is 9.78. The molecule has 2 aliphatic carbocycles. The van der Waals surface area contributed by atoms with E-state index in [1.54, 1.807) is 0 Å². The molecule has 0 saturated heterocycles. The molecule has 2 unspecified atom stereocenters. The molecule has 0 aliphatic heterocycles. The van der Waals surface area contributed by atoms with E-state index in [0.29, 0.717) is 6.10 Å². The Balaban J connectivity index is 2.06. The van der Waals surface area contributed by atoms with E-state index in [-0.39, 0.29) is 5.54 Å². The largest absolute Gasteiger partial charge is 0.381 e. The molecule has 3 nitrogen and oxygen atoms in total. The second-order valence-electron chi connectivity index (χ2n) is 6.99. The van der Waals surface area contributed by atoms with Crippen LogP contribution in [0.25, 0.3) is 0 Å². The molecular formula is C16H32N2O. The summed E-state index contributed by atoms with van der Waals surface area (Å²) < 4.78 is 5.64. The fraction of sp³-hybridized carbons (Fsp3) is 1.00. The van der Waals surface area contributed by atoms with Crippen LogP contribution >= 0.6 is 0 Å². The molecule has 19 heavy (non-hydrogen) atoms. The second kappa shape index (κ2) is 6.55. The van der Waals surface area contributed by atoms with E-state index in [4.69, 9.17) is 10.5 Å². The maximum Gasteiger partial charge on any atom is 0.0589 e. The Labute approximate surface area is 118 Å². The van der Waals surface area contributed by atoms with Crippen LogP contribution in [0.15, 0.2) is 0 Å². The monoisotopic (exact) mass is 268 g/mol. The Kier molecular flexibility index (Phi) is 5.27. The molecular weight excluding hydrogens is 236 g/mol. The van der Waals surface area contributed by atoms with Crippen LogP contribution in [-0.2, 0) is 4.74 Å². The van der Waals surface area contributed by atoms with E-state index in [1.165, 1.54) is 45.1 Å². The van der Waals surface area contributed by atoms with Crippen LogP contribution in [0.5, 0.6) is 0 Å². The Bertz CT molecular complexity index is 278. The molecule has 2 aliphatic rings. The summed E-state index contributed by atoms with van der Waals surface area (Å²) in [4.78, 5) is 2.76. The summed E-state index contributed by atoms with van der Waals surface area (Å²) >= 11 is 0. The summed E-state index contributed by atoms with van der Waals surface area (Å²) in [6.07, 6.45) is 9.32. The van der Waals surface area contributed by atoms with Gasteiger partial charge in [0.05, 0.1) is 6.10 Å². The van der Waals surface area contributed by atoms with Gasteiger partial charge in [0.1, 0.15) is 0 Å². The molecule has 2 N–H and O–H groups in total. The standard InChI is InChI=1S/C16H32N2O/c1-13(2)8-10-18(14-6-7-14)16(12-17)9-4-5-15(11-16)19-3/h13-15H,4-12,17H2,1-3H3. The first kappa shape index (κ1) is 15.3. The summed E-state index contributed by atoms with van der Waals surface area (Å²) in [5, 5.41) is 0. The topological polar surface area (TPSA) is 38.5 Å². The van der Waals surface area contributed by atoms with Crippen LogP contribution in [0.3, 0.4) is 0 Å². The SMILES string of the molecule is COC1CCCC(CN)(N(CCC(C)C)C2CC2)C1. The van der Waals surface area contributed by atoms with E-state index < -0.39 is 0 Å². The fourth-order valence-corrected chi connectivity index (χ4v) is 3.64. The third-order valence-corrected chi connectivity index (χ3v) is 5.03. The van der Waals surface area contributed by atoms with Gasteiger partial charge in [0.2, 0.25) is 0 Å². The van der Waals surface area contributed by atoms with E-state index in [1.807, 2.05) is 7.11 Å². The fourth-order valence-electron chi connectivity index (χ4n) is 3.64. The summed E-state index contributed by atoms with van der Waals surface area (Å²) in [6.45, 7) is 6.65. The minimum absolute atomic E-state index is 0.217. The summed E-state index contributed by atoms with van der Waals surface area (Å²) in [5.41, 5.74) is 6.45. The van der Waals surface area contributed by atoms with Crippen molar-refractivity contribution in [2.45, 2.75) is 76.5 Å². The van der Waals surface area contributed by atoms with Crippen molar-refractivity contribution in [3.8, 4) is 0 Å². The molecule has 0 bridgehead atoms. The summed E-state index contributed by atoms with van der Waals surface area (Å²) in [5.74, 6) is 0.776. The quantitative estimate of drug-likeness (QED) is 0.771. The van der Waals surface area contributed by atoms with Gasteiger partial charge in [-0.3, -0.25) is 4.90 Å². The van der Waals surface area contributed by atoms with Gasteiger partial charge in [-0.15, -0.1) is 0 Å². The van der Waals surface area contributed by atoms with Gasteiger partial charge >= 0.3 is 0 Å². The zero-order valence-electron chi connectivity index (χ0n) is 13.0. The molecule has 0 aromatic rings. The third kappa shape index (κ3) is 3.71. The number of methoxy groups -OCH3 is 1. The molecule has 0 aromatic carbocycles. The first-order chi connectivity index (χ1) is 9.11. The molecule has 112 valence electrons. The molecule has 2 rings (SSSR count). The highest BCUT2D eigenvalue weighted by Crippen LogP contribution is 2.41. The molecule has 2 atom stereocenters. The van der Waals surface area contributed by atoms with Gasteiger partial charge in [0.15, 0.2) is 0 Å². The van der Waals surface area contributed by atoms with E-state index in [0.717, 1.165) is 24.9 Å². The highest BCUT2D eigenvalue weighted by atomic mass is 16.5. The van der Waals surface area contributed by atoms with Gasteiger partial charge in [-0.2, -0.15) is 0 Å². The van der Waals surface area contributed by atoms with Crippen LogP contribution in [0.1, 0.15) is 58.8 Å². The van der Waals surface area contributed by atoms with Crippen molar-refractivity contribution in [2.24, 2.45) is 11.7 Å². The lowest BCUT2D eigenvalue weighted by Crippen LogP contribution is -2.58. The zero-order chi connectivity index (χ0) is 13.9. The molecule has 0 amide bonds. The number of nitrogens with two attached hydrogens (primary N) is 1. The van der Waals surface area contributed by atoms with Crippen LogP contribution in [0.4, 0.5) is 0 Å². The third-order valence-electron chi connectivity index (χ3n) is 5.03. The van der Waals surface area contributed by atoms with Crippen molar-refractivity contribution in [1.82, 2.24) is 4.90 Å². The van der Waals surface area contributed by atoms with E-state index >= 15 is 0 Å². The van der Waals surface area contributed by atoms with Crippen molar-refractivity contribution in [3.63, 3.8) is 0 Å². The average molecular weight is 268 g/mol. The van der Waals surface area contributed by atoms with Gasteiger partial charge in [-0.05, 0) is 57.4 Å². The minimum Gasteiger partial charge on any atom is -0.381 e. The van der Waals surface area contributed by atoms with Crippen LogP contribution < -0.4 is 5.73 Å². The predicted octanol–water partition coefficient (Wildman–Crippen LogP) is 2.78. The maximum absolute atomic E-state index is 6.23. The molecule has 3 heteroatoms. The van der Waals surface area contributed by atoms with E-state index in [9.17, 15) is 0 Å². The number of hydrogen-bond acceptors (Lipinski definition) is 3. The molecule has 0 heterocycles. The van der Waals surface area contributed by atoms with Crippen molar-refractivity contribution >= 4 is 0 Å². The second-order valence-corrected chi connectivity index (χ2v) is 6.99. The maximum atomic E-state index is 6.23. The van der Waals surface area contributed by atoms with Gasteiger partial charge in [-0.25, -0.2) is 0 Å². The van der Waals surface area contributed by atoms with Gasteiger partial charge in [0, 0.05) is 25.2 Å². The average Bonchev–Trinajstić information content (AvgIpc) is 3.23. The Hall–Kier alpha value is -0.120.